The average molecular weight is 248 g/mol. The van der Waals surface area contributed by atoms with E-state index in [1.54, 1.807) is 0 Å². The highest BCUT2D eigenvalue weighted by atomic mass is 15.0. The quantitative estimate of drug-likeness (QED) is 0.819. The fraction of sp³-hybridized carbons (Fsp3) is 0.938. The van der Waals surface area contributed by atoms with E-state index in [1.807, 2.05) is 0 Å². The average Bonchev–Trinajstić information content (AvgIpc) is 2.88. The van der Waals surface area contributed by atoms with Gasteiger partial charge in [-0.25, -0.2) is 0 Å². The molecule has 0 saturated heterocycles. The molecule has 0 amide bonds. The van der Waals surface area contributed by atoms with Crippen molar-refractivity contribution in [1.29, 1.82) is 5.26 Å². The molecule has 0 heterocycles. The lowest BCUT2D eigenvalue weighted by molar-refractivity contribution is 0.287. The first-order valence-electron chi connectivity index (χ1n) is 7.63. The fourth-order valence-corrected chi connectivity index (χ4v) is 4.03. The third-order valence-corrected chi connectivity index (χ3v) is 4.59. The standard InChI is InChI=1S/C16H28N2/c1-15(2,3)18-16(12-17)9-8-14(11-16)10-13-6-4-5-7-13/h13-14,18H,4-11H2,1-3H3. The molecular weight excluding hydrogens is 220 g/mol. The van der Waals surface area contributed by atoms with Crippen LogP contribution in [0.2, 0.25) is 0 Å². The van der Waals surface area contributed by atoms with Crippen LogP contribution in [0.5, 0.6) is 0 Å². The van der Waals surface area contributed by atoms with Gasteiger partial charge in [0.15, 0.2) is 0 Å². The Morgan fingerprint density at radius 2 is 1.83 bits per heavy atom. The predicted octanol–water partition coefficient (Wildman–Crippen LogP) is 4.02. The van der Waals surface area contributed by atoms with Crippen LogP contribution in [0.4, 0.5) is 0 Å². The summed E-state index contributed by atoms with van der Waals surface area (Å²) >= 11 is 0. The van der Waals surface area contributed by atoms with E-state index in [0.29, 0.717) is 0 Å². The van der Waals surface area contributed by atoms with Crippen molar-refractivity contribution in [2.45, 2.75) is 83.2 Å². The third kappa shape index (κ3) is 3.48. The van der Waals surface area contributed by atoms with Gasteiger partial charge in [-0.3, -0.25) is 5.32 Å². The van der Waals surface area contributed by atoms with E-state index >= 15 is 0 Å². The molecule has 0 aliphatic heterocycles. The Balaban J connectivity index is 1.90. The van der Waals surface area contributed by atoms with Crippen LogP contribution in [0.25, 0.3) is 0 Å². The second kappa shape index (κ2) is 5.21. The zero-order chi connectivity index (χ0) is 13.2. The number of rotatable bonds is 3. The Morgan fingerprint density at radius 1 is 1.17 bits per heavy atom. The van der Waals surface area contributed by atoms with Crippen LogP contribution in [-0.2, 0) is 0 Å². The van der Waals surface area contributed by atoms with Crippen molar-refractivity contribution in [2.24, 2.45) is 11.8 Å². The van der Waals surface area contributed by atoms with Crippen molar-refractivity contribution >= 4 is 0 Å². The highest BCUT2D eigenvalue weighted by Crippen LogP contribution is 2.41. The molecule has 0 spiro atoms. The van der Waals surface area contributed by atoms with Gasteiger partial charge in [-0.15, -0.1) is 0 Å². The van der Waals surface area contributed by atoms with E-state index in [0.717, 1.165) is 24.7 Å². The molecule has 2 aliphatic carbocycles. The van der Waals surface area contributed by atoms with Gasteiger partial charge in [0, 0.05) is 5.54 Å². The second-order valence-electron chi connectivity index (χ2n) is 7.56. The van der Waals surface area contributed by atoms with E-state index in [1.165, 1.54) is 38.5 Å². The van der Waals surface area contributed by atoms with Gasteiger partial charge in [-0.2, -0.15) is 5.26 Å². The van der Waals surface area contributed by atoms with Gasteiger partial charge in [-0.1, -0.05) is 25.7 Å². The van der Waals surface area contributed by atoms with Gasteiger partial charge in [0.05, 0.1) is 6.07 Å². The first kappa shape index (κ1) is 13.9. The molecule has 102 valence electrons. The van der Waals surface area contributed by atoms with Gasteiger partial charge >= 0.3 is 0 Å². The monoisotopic (exact) mass is 248 g/mol. The first-order chi connectivity index (χ1) is 8.42. The summed E-state index contributed by atoms with van der Waals surface area (Å²) in [4.78, 5) is 0. The maximum Gasteiger partial charge on any atom is 0.107 e. The number of nitrogens with one attached hydrogen (secondary N) is 1. The Kier molecular flexibility index (Phi) is 4.02. The molecule has 1 N–H and O–H groups in total. The summed E-state index contributed by atoms with van der Waals surface area (Å²) in [5.74, 6) is 1.74. The summed E-state index contributed by atoms with van der Waals surface area (Å²) in [6.45, 7) is 6.49. The summed E-state index contributed by atoms with van der Waals surface area (Å²) < 4.78 is 0. The van der Waals surface area contributed by atoms with Gasteiger partial charge in [0.1, 0.15) is 5.54 Å². The normalized spacial score (nSPS) is 33.8. The Labute approximate surface area is 112 Å². The zero-order valence-corrected chi connectivity index (χ0v) is 12.3. The summed E-state index contributed by atoms with van der Waals surface area (Å²) in [6, 6.07) is 2.58. The van der Waals surface area contributed by atoms with Gasteiger partial charge in [0.25, 0.3) is 0 Å². The van der Waals surface area contributed by atoms with E-state index in [2.05, 4.69) is 32.2 Å². The molecule has 0 radical (unpaired) electrons. The van der Waals surface area contributed by atoms with Crippen molar-refractivity contribution in [1.82, 2.24) is 5.32 Å². The maximum atomic E-state index is 9.55. The molecule has 2 rings (SSSR count). The summed E-state index contributed by atoms with van der Waals surface area (Å²) in [6.07, 6.45) is 10.4. The number of hydrogen-bond donors (Lipinski definition) is 1. The molecule has 2 unspecified atom stereocenters. The van der Waals surface area contributed by atoms with E-state index in [9.17, 15) is 5.26 Å². The molecule has 2 heteroatoms. The lowest BCUT2D eigenvalue weighted by Gasteiger charge is -2.32. The lowest BCUT2D eigenvalue weighted by atomic mass is 9.89. The van der Waals surface area contributed by atoms with Crippen molar-refractivity contribution in [3.63, 3.8) is 0 Å². The first-order valence-corrected chi connectivity index (χ1v) is 7.63. The summed E-state index contributed by atoms with van der Waals surface area (Å²) in [7, 11) is 0. The van der Waals surface area contributed by atoms with Crippen LogP contribution in [0.3, 0.4) is 0 Å². The summed E-state index contributed by atoms with van der Waals surface area (Å²) in [5, 5.41) is 13.1. The molecule has 2 fully saturated rings. The molecule has 18 heavy (non-hydrogen) atoms. The smallest absolute Gasteiger partial charge is 0.107 e. The Morgan fingerprint density at radius 3 is 2.39 bits per heavy atom. The maximum absolute atomic E-state index is 9.55. The zero-order valence-electron chi connectivity index (χ0n) is 12.3. The molecule has 2 nitrogen and oxygen atoms in total. The van der Waals surface area contributed by atoms with E-state index < -0.39 is 0 Å². The van der Waals surface area contributed by atoms with Crippen molar-refractivity contribution < 1.29 is 0 Å². The van der Waals surface area contributed by atoms with Crippen LogP contribution in [0, 0.1) is 23.2 Å². The van der Waals surface area contributed by atoms with Crippen molar-refractivity contribution in [2.75, 3.05) is 0 Å². The molecule has 2 atom stereocenters. The molecule has 2 saturated carbocycles. The number of nitriles is 1. The molecule has 0 bridgehead atoms. The number of hydrogen-bond acceptors (Lipinski definition) is 2. The van der Waals surface area contributed by atoms with Crippen molar-refractivity contribution in [3.05, 3.63) is 0 Å². The third-order valence-electron chi connectivity index (χ3n) is 4.59. The summed E-state index contributed by atoms with van der Waals surface area (Å²) in [5.41, 5.74) is -0.209. The number of nitrogens with zero attached hydrogens (tertiary/aromatic N) is 1. The minimum atomic E-state index is -0.248. The van der Waals surface area contributed by atoms with E-state index in [-0.39, 0.29) is 11.1 Å². The van der Waals surface area contributed by atoms with Crippen LogP contribution in [0.15, 0.2) is 0 Å². The minimum Gasteiger partial charge on any atom is -0.295 e. The van der Waals surface area contributed by atoms with Gasteiger partial charge in [-0.05, 0) is 58.3 Å². The fourth-order valence-electron chi connectivity index (χ4n) is 4.03. The van der Waals surface area contributed by atoms with Crippen LogP contribution < -0.4 is 5.32 Å². The largest absolute Gasteiger partial charge is 0.295 e. The highest BCUT2D eigenvalue weighted by molar-refractivity contribution is 5.13. The van der Waals surface area contributed by atoms with Crippen molar-refractivity contribution in [3.8, 4) is 6.07 Å². The lowest BCUT2D eigenvalue weighted by Crippen LogP contribution is -2.51. The Bertz CT molecular complexity index is 317. The Hall–Kier alpha value is -0.550. The van der Waals surface area contributed by atoms with Crippen LogP contribution >= 0.6 is 0 Å². The molecular formula is C16H28N2. The van der Waals surface area contributed by atoms with Gasteiger partial charge in [0.2, 0.25) is 0 Å². The second-order valence-corrected chi connectivity index (χ2v) is 7.56. The van der Waals surface area contributed by atoms with E-state index in [4.69, 9.17) is 0 Å². The minimum absolute atomic E-state index is 0.0397. The van der Waals surface area contributed by atoms with Crippen LogP contribution in [-0.4, -0.2) is 11.1 Å². The van der Waals surface area contributed by atoms with Crippen LogP contribution in [0.1, 0.15) is 72.1 Å². The topological polar surface area (TPSA) is 35.8 Å². The highest BCUT2D eigenvalue weighted by Gasteiger charge is 2.42. The molecule has 0 aromatic heterocycles. The SMILES string of the molecule is CC(C)(C)NC1(C#N)CCC(CC2CCCC2)C1. The molecule has 0 aromatic carbocycles. The predicted molar refractivity (Wildman–Crippen MR) is 75.1 cm³/mol. The molecule has 0 aromatic rings. The molecule has 2 aliphatic rings. The van der Waals surface area contributed by atoms with Gasteiger partial charge < -0.3 is 0 Å².